The number of nitrogens with one attached hydrogen (secondary N) is 1. The fourth-order valence-electron chi connectivity index (χ4n) is 4.33. The van der Waals surface area contributed by atoms with Crippen LogP contribution >= 0.6 is 31.9 Å². The maximum absolute atomic E-state index is 13.5. The molecule has 1 amide bonds. The van der Waals surface area contributed by atoms with Gasteiger partial charge in [0.1, 0.15) is 0 Å². The number of hydrogen-bond donors (Lipinski definition) is 1. The molecule has 0 saturated heterocycles. The molecule has 0 saturated carbocycles. The number of nitrogens with zero attached hydrogens (tertiary/aromatic N) is 3. The number of ether oxygens (including phenoxy) is 2. The minimum Gasteiger partial charge on any atom is -0.493 e. The van der Waals surface area contributed by atoms with E-state index in [0.717, 1.165) is 22.4 Å². The first-order chi connectivity index (χ1) is 21.5. The molecule has 8 nitrogen and oxygen atoms in total. The largest absolute Gasteiger partial charge is 0.493 e. The fraction of sp³-hybridized carbons (Fsp3) is 0.125. The number of para-hydroxylation sites is 1. The Balaban J connectivity index is 1.50. The summed E-state index contributed by atoms with van der Waals surface area (Å²) in [5, 5.41) is 7.34. The topological polar surface area (TPSA) is 94.8 Å². The SMILES string of the molecule is COc1cc(C=Nn2c(-c3cccc(C(F)(F)F)c3)nc3ccccc3c2=O)c(Br)c(Br)c1OCC(=O)Nc1ccc(C)cc1. The summed E-state index contributed by atoms with van der Waals surface area (Å²) < 4.78 is 53.6. The van der Waals surface area contributed by atoms with Crippen LogP contribution in [0.3, 0.4) is 0 Å². The number of fused-ring (bicyclic) bond motifs is 1. The molecule has 0 aliphatic carbocycles. The van der Waals surface area contributed by atoms with Gasteiger partial charge in [0.05, 0.1) is 34.3 Å². The highest BCUT2D eigenvalue weighted by atomic mass is 79.9. The minimum atomic E-state index is -4.60. The van der Waals surface area contributed by atoms with Crippen LogP contribution in [0.5, 0.6) is 11.5 Å². The highest BCUT2D eigenvalue weighted by Gasteiger charge is 2.31. The number of hydrogen-bond acceptors (Lipinski definition) is 6. The molecule has 0 unspecified atom stereocenters. The van der Waals surface area contributed by atoms with E-state index in [1.54, 1.807) is 42.5 Å². The Morgan fingerprint density at radius 1 is 1.02 bits per heavy atom. The van der Waals surface area contributed by atoms with Crippen LogP contribution in [0, 0.1) is 6.92 Å². The lowest BCUT2D eigenvalue weighted by atomic mass is 10.1. The van der Waals surface area contributed by atoms with Crippen molar-refractivity contribution in [2.24, 2.45) is 5.10 Å². The third kappa shape index (κ3) is 7.10. The van der Waals surface area contributed by atoms with Crippen LogP contribution in [0.2, 0.25) is 0 Å². The van der Waals surface area contributed by atoms with Crippen LogP contribution in [-0.4, -0.2) is 35.5 Å². The molecular formula is C32H23Br2F3N4O4. The van der Waals surface area contributed by atoms with Crippen LogP contribution in [0.15, 0.2) is 97.7 Å². The number of carbonyl (C=O) groups is 1. The molecular weight excluding hydrogens is 721 g/mol. The molecule has 0 spiro atoms. The Hall–Kier alpha value is -4.49. The Morgan fingerprint density at radius 3 is 2.47 bits per heavy atom. The van der Waals surface area contributed by atoms with Crippen LogP contribution < -0.4 is 20.3 Å². The van der Waals surface area contributed by atoms with Gasteiger partial charge < -0.3 is 14.8 Å². The molecule has 5 rings (SSSR count). The summed E-state index contributed by atoms with van der Waals surface area (Å²) in [5.41, 5.74) is 0.986. The van der Waals surface area contributed by atoms with Crippen molar-refractivity contribution < 1.29 is 27.4 Å². The maximum Gasteiger partial charge on any atom is 0.416 e. The van der Waals surface area contributed by atoms with Crippen LogP contribution in [-0.2, 0) is 11.0 Å². The normalized spacial score (nSPS) is 11.6. The highest BCUT2D eigenvalue weighted by molar-refractivity contribution is 9.13. The number of methoxy groups -OCH3 is 1. The third-order valence-electron chi connectivity index (χ3n) is 6.57. The molecule has 0 bridgehead atoms. The van der Waals surface area contributed by atoms with E-state index in [4.69, 9.17) is 9.47 Å². The van der Waals surface area contributed by atoms with Crippen LogP contribution in [0.4, 0.5) is 18.9 Å². The predicted octanol–water partition coefficient (Wildman–Crippen LogP) is 7.82. The van der Waals surface area contributed by atoms with Gasteiger partial charge in [0.2, 0.25) is 0 Å². The number of anilines is 1. The molecule has 5 aromatic rings. The summed E-state index contributed by atoms with van der Waals surface area (Å²) in [4.78, 5) is 30.5. The van der Waals surface area contributed by atoms with E-state index in [2.05, 4.69) is 47.3 Å². The zero-order valence-electron chi connectivity index (χ0n) is 23.7. The first-order valence-corrected chi connectivity index (χ1v) is 14.8. The van der Waals surface area contributed by atoms with E-state index >= 15 is 0 Å². The second kappa shape index (κ2) is 13.2. The molecule has 4 aromatic carbocycles. The Bertz CT molecular complexity index is 1990. The Labute approximate surface area is 271 Å². The van der Waals surface area contributed by atoms with Gasteiger partial charge in [-0.2, -0.15) is 22.9 Å². The van der Waals surface area contributed by atoms with E-state index in [1.165, 1.54) is 25.5 Å². The van der Waals surface area contributed by atoms with Crippen LogP contribution in [0.1, 0.15) is 16.7 Å². The predicted molar refractivity (Wildman–Crippen MR) is 173 cm³/mol. The quantitative estimate of drug-likeness (QED) is 0.164. The number of alkyl halides is 3. The first kappa shape index (κ1) is 31.9. The van der Waals surface area contributed by atoms with Gasteiger partial charge in [-0.15, -0.1) is 0 Å². The lowest BCUT2D eigenvalue weighted by Gasteiger charge is -2.15. The van der Waals surface area contributed by atoms with Crippen molar-refractivity contribution >= 4 is 60.6 Å². The summed E-state index contributed by atoms with van der Waals surface area (Å²) in [6, 6.07) is 19.9. The minimum absolute atomic E-state index is 0.0512. The summed E-state index contributed by atoms with van der Waals surface area (Å²) in [5.74, 6) is 0.00846. The van der Waals surface area contributed by atoms with Crippen molar-refractivity contribution in [3.05, 3.63) is 115 Å². The lowest BCUT2D eigenvalue weighted by Crippen LogP contribution is -2.21. The van der Waals surface area contributed by atoms with Gasteiger partial charge in [-0.3, -0.25) is 9.59 Å². The number of aryl methyl sites for hydroxylation is 1. The average molecular weight is 744 g/mol. The smallest absolute Gasteiger partial charge is 0.416 e. The second-order valence-corrected chi connectivity index (χ2v) is 11.3. The van der Waals surface area contributed by atoms with E-state index in [0.29, 0.717) is 25.7 Å². The monoisotopic (exact) mass is 742 g/mol. The summed E-state index contributed by atoms with van der Waals surface area (Å²) >= 11 is 6.95. The number of rotatable bonds is 8. The van der Waals surface area contributed by atoms with Crippen molar-refractivity contribution in [3.8, 4) is 22.9 Å². The molecule has 0 atom stereocenters. The first-order valence-electron chi connectivity index (χ1n) is 13.3. The summed E-state index contributed by atoms with van der Waals surface area (Å²) in [6.45, 7) is 1.62. The second-order valence-electron chi connectivity index (χ2n) is 9.72. The number of halogens is 5. The van der Waals surface area contributed by atoms with Crippen molar-refractivity contribution in [1.82, 2.24) is 9.66 Å². The molecule has 13 heteroatoms. The van der Waals surface area contributed by atoms with Gasteiger partial charge in [-0.05, 0) is 81.2 Å². The molecule has 1 heterocycles. The number of benzene rings is 4. The van der Waals surface area contributed by atoms with Crippen molar-refractivity contribution in [1.29, 1.82) is 0 Å². The molecule has 0 aliphatic heterocycles. The van der Waals surface area contributed by atoms with E-state index in [1.807, 2.05) is 19.1 Å². The Kier molecular flexibility index (Phi) is 9.40. The van der Waals surface area contributed by atoms with Crippen molar-refractivity contribution in [2.45, 2.75) is 13.1 Å². The van der Waals surface area contributed by atoms with E-state index in [9.17, 15) is 22.8 Å². The zero-order valence-corrected chi connectivity index (χ0v) is 26.8. The molecule has 0 fully saturated rings. The molecule has 0 radical (unpaired) electrons. The van der Waals surface area contributed by atoms with Gasteiger partial charge in [0, 0.05) is 21.3 Å². The van der Waals surface area contributed by atoms with Gasteiger partial charge in [-0.25, -0.2) is 4.98 Å². The van der Waals surface area contributed by atoms with E-state index < -0.39 is 17.3 Å². The third-order valence-corrected chi connectivity index (χ3v) is 8.72. The Morgan fingerprint density at radius 2 is 1.76 bits per heavy atom. The van der Waals surface area contributed by atoms with Gasteiger partial charge >= 0.3 is 6.18 Å². The summed E-state index contributed by atoms with van der Waals surface area (Å²) in [6.07, 6.45) is -3.26. The van der Waals surface area contributed by atoms with Crippen molar-refractivity contribution in [3.63, 3.8) is 0 Å². The molecule has 1 aromatic heterocycles. The molecule has 45 heavy (non-hydrogen) atoms. The standard InChI is InChI=1S/C32H23Br2F3N4O4/c1-18-10-12-22(13-11-18)39-26(42)17-45-29-25(44-2)15-20(27(33)28(29)34)16-38-41-30(19-6-5-7-21(14-19)32(35,36)37)40-24-9-4-3-8-23(24)31(41)43/h3-16H,17H2,1-2H3,(H,39,42). The van der Waals surface area contributed by atoms with Gasteiger partial charge in [0.15, 0.2) is 23.9 Å². The highest BCUT2D eigenvalue weighted by Crippen LogP contribution is 2.42. The fourth-order valence-corrected chi connectivity index (χ4v) is 5.26. The maximum atomic E-state index is 13.5. The van der Waals surface area contributed by atoms with Gasteiger partial charge in [0.25, 0.3) is 11.5 Å². The number of aromatic nitrogens is 2. The molecule has 1 N–H and O–H groups in total. The van der Waals surface area contributed by atoms with Crippen LogP contribution in [0.25, 0.3) is 22.3 Å². The molecule has 0 aliphatic rings. The summed E-state index contributed by atoms with van der Waals surface area (Å²) in [7, 11) is 1.42. The van der Waals surface area contributed by atoms with Crippen molar-refractivity contribution in [2.75, 3.05) is 19.0 Å². The van der Waals surface area contributed by atoms with Gasteiger partial charge in [-0.1, -0.05) is 42.0 Å². The average Bonchev–Trinajstić information content (AvgIpc) is 3.02. The lowest BCUT2D eigenvalue weighted by molar-refractivity contribution is -0.137. The van der Waals surface area contributed by atoms with E-state index in [-0.39, 0.29) is 40.8 Å². The number of carbonyl (C=O) groups excluding carboxylic acids is 1. The number of amides is 1. The molecule has 230 valence electrons. The zero-order chi connectivity index (χ0) is 32.3.